The number of carboxylic acids is 1. The lowest BCUT2D eigenvalue weighted by Gasteiger charge is -2.29. The minimum atomic E-state index is -1.08. The van der Waals surface area contributed by atoms with Crippen LogP contribution in [0.2, 0.25) is 0 Å². The van der Waals surface area contributed by atoms with E-state index in [2.05, 4.69) is 5.32 Å². The highest BCUT2D eigenvalue weighted by Crippen LogP contribution is 2.32. The molecule has 0 bridgehead atoms. The highest BCUT2D eigenvalue weighted by atomic mass is 32.2. The molecule has 0 aliphatic carbocycles. The molecule has 6 nitrogen and oxygen atoms in total. The minimum Gasteiger partial charge on any atom is -0.478 e. The Kier molecular flexibility index (Phi) is 6.16. The Labute approximate surface area is 193 Å². The number of amides is 2. The quantitative estimate of drug-likeness (QED) is 0.334. The van der Waals surface area contributed by atoms with Gasteiger partial charge in [0, 0.05) is 9.79 Å². The summed E-state index contributed by atoms with van der Waals surface area (Å²) in [5.74, 6) is -2.25. The molecule has 3 aromatic rings. The van der Waals surface area contributed by atoms with E-state index in [1.54, 1.807) is 6.08 Å². The van der Waals surface area contributed by atoms with Crippen molar-refractivity contribution in [2.45, 2.75) is 9.79 Å². The summed E-state index contributed by atoms with van der Waals surface area (Å²) < 4.78 is 0. The molecule has 1 aliphatic rings. The van der Waals surface area contributed by atoms with E-state index < -0.39 is 17.8 Å². The van der Waals surface area contributed by atoms with Crippen molar-refractivity contribution in [3.63, 3.8) is 0 Å². The number of hydrogen-bond acceptors (Lipinski definition) is 5. The SMILES string of the molecule is O=C1NC(=S)N(c2ccc(C(=O)O)cc2)C(=O)/C1=C\c1ccccc1Sc1ccccc1. The molecule has 32 heavy (non-hydrogen) atoms. The van der Waals surface area contributed by atoms with Gasteiger partial charge in [-0.15, -0.1) is 0 Å². The number of carbonyl (C=O) groups is 3. The van der Waals surface area contributed by atoms with Crippen LogP contribution in [-0.4, -0.2) is 28.0 Å². The maximum atomic E-state index is 13.2. The Morgan fingerprint density at radius 3 is 2.28 bits per heavy atom. The maximum Gasteiger partial charge on any atom is 0.335 e. The third kappa shape index (κ3) is 4.46. The van der Waals surface area contributed by atoms with Crippen molar-refractivity contribution < 1.29 is 19.5 Å². The predicted molar refractivity (Wildman–Crippen MR) is 127 cm³/mol. The van der Waals surface area contributed by atoms with Gasteiger partial charge in [0.25, 0.3) is 11.8 Å². The monoisotopic (exact) mass is 460 g/mol. The van der Waals surface area contributed by atoms with Crippen molar-refractivity contribution in [2.75, 3.05) is 4.90 Å². The molecule has 8 heteroatoms. The van der Waals surface area contributed by atoms with Crippen molar-refractivity contribution in [2.24, 2.45) is 0 Å². The molecule has 2 N–H and O–H groups in total. The summed E-state index contributed by atoms with van der Waals surface area (Å²) in [5, 5.41) is 11.6. The fraction of sp³-hybridized carbons (Fsp3) is 0. The summed E-state index contributed by atoms with van der Waals surface area (Å²) >= 11 is 6.73. The van der Waals surface area contributed by atoms with E-state index in [1.165, 1.54) is 40.9 Å². The molecule has 0 atom stereocenters. The standard InChI is InChI=1S/C24H16N2O4S2/c27-21-19(14-16-6-4-5-9-20(16)32-18-7-2-1-3-8-18)22(28)26(24(31)25-21)17-12-10-15(11-13-17)23(29)30/h1-14H,(H,29,30)(H,25,27,31)/b19-14-. The first-order valence-electron chi connectivity index (χ1n) is 9.51. The van der Waals surface area contributed by atoms with E-state index in [0.717, 1.165) is 9.79 Å². The highest BCUT2D eigenvalue weighted by Gasteiger charge is 2.34. The largest absolute Gasteiger partial charge is 0.478 e. The molecule has 0 radical (unpaired) electrons. The Morgan fingerprint density at radius 2 is 1.59 bits per heavy atom. The summed E-state index contributed by atoms with van der Waals surface area (Å²) in [7, 11) is 0. The van der Waals surface area contributed by atoms with Gasteiger partial charge in [0.1, 0.15) is 5.57 Å². The molecule has 0 unspecified atom stereocenters. The van der Waals surface area contributed by atoms with Crippen LogP contribution in [0.4, 0.5) is 5.69 Å². The molecule has 0 spiro atoms. The molecule has 1 fully saturated rings. The van der Waals surface area contributed by atoms with E-state index in [-0.39, 0.29) is 16.2 Å². The van der Waals surface area contributed by atoms with Crippen LogP contribution in [0.3, 0.4) is 0 Å². The van der Waals surface area contributed by atoms with Crippen molar-refractivity contribution in [3.05, 3.63) is 95.6 Å². The van der Waals surface area contributed by atoms with Gasteiger partial charge in [-0.25, -0.2) is 4.79 Å². The predicted octanol–water partition coefficient (Wildman–Crippen LogP) is 4.37. The number of anilines is 1. The highest BCUT2D eigenvalue weighted by molar-refractivity contribution is 7.99. The molecule has 0 saturated carbocycles. The first kappa shape index (κ1) is 21.5. The Balaban J connectivity index is 1.69. The normalized spacial score (nSPS) is 15.1. The fourth-order valence-corrected chi connectivity index (χ4v) is 4.33. The van der Waals surface area contributed by atoms with Crippen LogP contribution >= 0.6 is 24.0 Å². The van der Waals surface area contributed by atoms with Gasteiger partial charge in [0.2, 0.25) is 0 Å². The molecule has 1 heterocycles. The fourth-order valence-electron chi connectivity index (χ4n) is 3.11. The average Bonchev–Trinajstić information content (AvgIpc) is 2.78. The van der Waals surface area contributed by atoms with Gasteiger partial charge in [-0.2, -0.15) is 0 Å². The number of carbonyl (C=O) groups excluding carboxylic acids is 2. The second kappa shape index (κ2) is 9.17. The van der Waals surface area contributed by atoms with Crippen LogP contribution in [0, 0.1) is 0 Å². The van der Waals surface area contributed by atoms with Crippen LogP contribution in [0.15, 0.2) is 94.2 Å². The van der Waals surface area contributed by atoms with E-state index in [0.29, 0.717) is 11.3 Å². The second-order valence-corrected chi connectivity index (χ2v) is 8.26. The smallest absolute Gasteiger partial charge is 0.335 e. The van der Waals surface area contributed by atoms with Gasteiger partial charge < -0.3 is 5.11 Å². The molecule has 1 saturated heterocycles. The Morgan fingerprint density at radius 1 is 0.938 bits per heavy atom. The molecular formula is C24H16N2O4S2. The van der Waals surface area contributed by atoms with Crippen LogP contribution in [0.5, 0.6) is 0 Å². The second-order valence-electron chi connectivity index (χ2n) is 6.76. The number of rotatable bonds is 5. The number of benzene rings is 3. The summed E-state index contributed by atoms with van der Waals surface area (Å²) in [4.78, 5) is 40.0. The summed E-state index contributed by atoms with van der Waals surface area (Å²) in [6.45, 7) is 0. The number of carboxylic acid groups (broad SMARTS) is 1. The summed E-state index contributed by atoms with van der Waals surface area (Å²) in [6, 6.07) is 22.9. The number of hydrogen-bond donors (Lipinski definition) is 2. The zero-order valence-electron chi connectivity index (χ0n) is 16.5. The zero-order valence-corrected chi connectivity index (χ0v) is 18.2. The summed E-state index contributed by atoms with van der Waals surface area (Å²) in [5.41, 5.74) is 1.09. The number of aromatic carboxylic acids is 1. The van der Waals surface area contributed by atoms with E-state index >= 15 is 0 Å². The first-order valence-corrected chi connectivity index (χ1v) is 10.7. The molecule has 1 aliphatic heterocycles. The van der Waals surface area contributed by atoms with E-state index in [4.69, 9.17) is 17.3 Å². The van der Waals surface area contributed by atoms with Gasteiger partial charge in [0.15, 0.2) is 5.11 Å². The van der Waals surface area contributed by atoms with E-state index in [9.17, 15) is 14.4 Å². The lowest BCUT2D eigenvalue weighted by molar-refractivity contribution is -0.122. The third-order valence-electron chi connectivity index (χ3n) is 4.66. The zero-order chi connectivity index (χ0) is 22.7. The molecule has 0 aromatic heterocycles. The van der Waals surface area contributed by atoms with Crippen LogP contribution < -0.4 is 10.2 Å². The average molecular weight is 461 g/mol. The van der Waals surface area contributed by atoms with E-state index in [1.807, 2.05) is 54.6 Å². The molecular weight excluding hydrogens is 444 g/mol. The third-order valence-corrected chi connectivity index (χ3v) is 6.05. The first-order chi connectivity index (χ1) is 15.4. The van der Waals surface area contributed by atoms with Gasteiger partial charge in [-0.1, -0.05) is 48.2 Å². The lowest BCUT2D eigenvalue weighted by Crippen LogP contribution is -2.54. The summed E-state index contributed by atoms with van der Waals surface area (Å²) in [6.07, 6.45) is 1.54. The lowest BCUT2D eigenvalue weighted by atomic mass is 10.1. The van der Waals surface area contributed by atoms with Crippen LogP contribution in [0.1, 0.15) is 15.9 Å². The number of nitrogens with one attached hydrogen (secondary N) is 1. The van der Waals surface area contributed by atoms with Crippen LogP contribution in [0.25, 0.3) is 6.08 Å². The van der Waals surface area contributed by atoms with Gasteiger partial charge >= 0.3 is 5.97 Å². The van der Waals surface area contributed by atoms with Crippen molar-refractivity contribution in [1.29, 1.82) is 0 Å². The minimum absolute atomic E-state index is 0.0628. The Bertz CT molecular complexity index is 1250. The molecule has 2 amide bonds. The van der Waals surface area contributed by atoms with Gasteiger partial charge in [-0.3, -0.25) is 19.8 Å². The Hall–Kier alpha value is -3.75. The van der Waals surface area contributed by atoms with Crippen LogP contribution in [-0.2, 0) is 9.59 Å². The van der Waals surface area contributed by atoms with Gasteiger partial charge in [0.05, 0.1) is 11.3 Å². The molecule has 3 aromatic carbocycles. The van der Waals surface area contributed by atoms with Crippen molar-refractivity contribution in [1.82, 2.24) is 5.32 Å². The van der Waals surface area contributed by atoms with Gasteiger partial charge in [-0.05, 0) is 66.3 Å². The van der Waals surface area contributed by atoms with Crippen molar-refractivity contribution in [3.8, 4) is 0 Å². The number of thiocarbonyl (C=S) groups is 1. The topological polar surface area (TPSA) is 86.7 Å². The maximum absolute atomic E-state index is 13.2. The molecule has 4 rings (SSSR count). The van der Waals surface area contributed by atoms with Crippen molar-refractivity contribution >= 4 is 58.6 Å². The molecule has 158 valence electrons. The number of nitrogens with zero attached hydrogens (tertiary/aromatic N) is 1.